The number of hydrogen-bond acceptors (Lipinski definition) is 5. The largest absolute Gasteiger partial charge is 0.318 e. The van der Waals surface area contributed by atoms with Gasteiger partial charge in [0.05, 0.1) is 11.0 Å². The fourth-order valence-electron chi connectivity index (χ4n) is 2.77. The van der Waals surface area contributed by atoms with Crippen molar-refractivity contribution in [3.8, 4) is 11.5 Å². The standard InChI is InChI=1S/C18H14BrN5O2/c1-11(25)20-17-16(22-26-23-17)18-21-14-4-2-3-5-15(14)24(18)10-12-6-8-13(19)9-7-12/h2-9H,10H2,1H3,(H,20,23,25). The van der Waals surface area contributed by atoms with Gasteiger partial charge in [0.1, 0.15) is 0 Å². The number of nitrogens with one attached hydrogen (secondary N) is 1. The van der Waals surface area contributed by atoms with E-state index in [1.165, 1.54) is 6.92 Å². The molecule has 1 N–H and O–H groups in total. The third kappa shape index (κ3) is 3.11. The number of amides is 1. The number of imidazole rings is 1. The van der Waals surface area contributed by atoms with Gasteiger partial charge in [0.2, 0.25) is 11.7 Å². The second-order valence-corrected chi connectivity index (χ2v) is 6.70. The van der Waals surface area contributed by atoms with Crippen LogP contribution in [0.25, 0.3) is 22.6 Å². The highest BCUT2D eigenvalue weighted by atomic mass is 79.9. The molecule has 7 nitrogen and oxygen atoms in total. The normalized spacial score (nSPS) is 11.0. The number of rotatable bonds is 4. The van der Waals surface area contributed by atoms with Crippen LogP contribution in [0.2, 0.25) is 0 Å². The molecule has 0 saturated heterocycles. The minimum Gasteiger partial charge on any atom is -0.318 e. The maximum atomic E-state index is 11.4. The molecule has 8 heteroatoms. The first-order valence-corrected chi connectivity index (χ1v) is 8.71. The topological polar surface area (TPSA) is 85.8 Å². The molecule has 0 radical (unpaired) electrons. The predicted octanol–water partition coefficient (Wildman–Crippen LogP) is 3.86. The van der Waals surface area contributed by atoms with Gasteiger partial charge in [0, 0.05) is 17.9 Å². The quantitative estimate of drug-likeness (QED) is 0.550. The number of anilines is 1. The zero-order chi connectivity index (χ0) is 18.1. The van der Waals surface area contributed by atoms with E-state index in [1.54, 1.807) is 0 Å². The molecule has 26 heavy (non-hydrogen) atoms. The number of halogens is 1. The molecule has 0 fully saturated rings. The van der Waals surface area contributed by atoms with E-state index in [-0.39, 0.29) is 11.7 Å². The molecule has 0 aliphatic rings. The first-order chi connectivity index (χ1) is 12.6. The molecule has 4 aromatic rings. The zero-order valence-corrected chi connectivity index (χ0v) is 15.4. The van der Waals surface area contributed by atoms with Gasteiger partial charge in [-0.2, -0.15) is 0 Å². The van der Waals surface area contributed by atoms with Crippen LogP contribution in [0.15, 0.2) is 57.6 Å². The van der Waals surface area contributed by atoms with E-state index >= 15 is 0 Å². The number of hydrogen-bond donors (Lipinski definition) is 1. The van der Waals surface area contributed by atoms with Crippen LogP contribution in [0.1, 0.15) is 12.5 Å². The molecule has 0 spiro atoms. The number of fused-ring (bicyclic) bond motifs is 1. The maximum absolute atomic E-state index is 11.4. The SMILES string of the molecule is CC(=O)Nc1nonc1-c1nc2ccccc2n1Cc1ccc(Br)cc1. The summed E-state index contributed by atoms with van der Waals surface area (Å²) in [6.07, 6.45) is 0. The minimum absolute atomic E-state index is 0.252. The summed E-state index contributed by atoms with van der Waals surface area (Å²) in [5, 5.41) is 10.4. The van der Waals surface area contributed by atoms with Crippen LogP contribution < -0.4 is 5.32 Å². The summed E-state index contributed by atoms with van der Waals surface area (Å²) in [6, 6.07) is 15.9. The number of aromatic nitrogens is 4. The van der Waals surface area contributed by atoms with E-state index in [2.05, 4.69) is 36.5 Å². The number of nitrogens with zero attached hydrogens (tertiary/aromatic N) is 4. The molecule has 0 aliphatic heterocycles. The third-order valence-corrected chi connectivity index (χ3v) is 4.43. The van der Waals surface area contributed by atoms with Gasteiger partial charge in [-0.25, -0.2) is 9.61 Å². The molecule has 2 aromatic carbocycles. The van der Waals surface area contributed by atoms with Crippen molar-refractivity contribution < 1.29 is 9.42 Å². The van der Waals surface area contributed by atoms with Gasteiger partial charge in [-0.3, -0.25) is 4.79 Å². The van der Waals surface area contributed by atoms with Crippen LogP contribution in [0.5, 0.6) is 0 Å². The molecule has 2 heterocycles. The van der Waals surface area contributed by atoms with Crippen LogP contribution >= 0.6 is 15.9 Å². The molecule has 130 valence electrons. The number of para-hydroxylation sites is 2. The number of benzene rings is 2. The Balaban J connectivity index is 1.85. The third-order valence-electron chi connectivity index (χ3n) is 3.90. The first kappa shape index (κ1) is 16.5. The molecule has 2 aromatic heterocycles. The average Bonchev–Trinajstić information content (AvgIpc) is 3.21. The summed E-state index contributed by atoms with van der Waals surface area (Å²) in [4.78, 5) is 16.1. The maximum Gasteiger partial charge on any atom is 0.222 e. The molecular formula is C18H14BrN5O2. The summed E-state index contributed by atoms with van der Waals surface area (Å²) < 4.78 is 7.89. The van der Waals surface area contributed by atoms with E-state index in [4.69, 9.17) is 4.63 Å². The van der Waals surface area contributed by atoms with Gasteiger partial charge in [0.25, 0.3) is 0 Å². The minimum atomic E-state index is -0.252. The summed E-state index contributed by atoms with van der Waals surface area (Å²) in [7, 11) is 0. The van der Waals surface area contributed by atoms with Crippen molar-refractivity contribution >= 4 is 38.7 Å². The van der Waals surface area contributed by atoms with Gasteiger partial charge >= 0.3 is 0 Å². The molecule has 1 amide bonds. The highest BCUT2D eigenvalue weighted by Crippen LogP contribution is 2.29. The Morgan fingerprint density at radius 1 is 1.15 bits per heavy atom. The van der Waals surface area contributed by atoms with Crippen molar-refractivity contribution in [1.29, 1.82) is 0 Å². The van der Waals surface area contributed by atoms with Gasteiger partial charge < -0.3 is 9.88 Å². The monoisotopic (exact) mass is 411 g/mol. The van der Waals surface area contributed by atoms with Crippen molar-refractivity contribution in [1.82, 2.24) is 19.9 Å². The Labute approximate surface area is 157 Å². The smallest absolute Gasteiger partial charge is 0.222 e. The van der Waals surface area contributed by atoms with Gasteiger partial charge in [-0.1, -0.05) is 40.2 Å². The van der Waals surface area contributed by atoms with Crippen molar-refractivity contribution in [3.63, 3.8) is 0 Å². The lowest BCUT2D eigenvalue weighted by Gasteiger charge is -2.09. The lowest BCUT2D eigenvalue weighted by molar-refractivity contribution is -0.114. The summed E-state index contributed by atoms with van der Waals surface area (Å²) >= 11 is 3.45. The van der Waals surface area contributed by atoms with Crippen LogP contribution in [-0.2, 0) is 11.3 Å². The highest BCUT2D eigenvalue weighted by molar-refractivity contribution is 9.10. The summed E-state index contributed by atoms with van der Waals surface area (Å²) in [6.45, 7) is 2.00. The molecule has 0 saturated carbocycles. The molecule has 0 atom stereocenters. The van der Waals surface area contributed by atoms with Crippen LogP contribution in [0.3, 0.4) is 0 Å². The van der Waals surface area contributed by atoms with E-state index in [0.29, 0.717) is 18.1 Å². The number of carbonyl (C=O) groups excluding carboxylic acids is 1. The summed E-state index contributed by atoms with van der Waals surface area (Å²) in [5.74, 6) is 0.585. The predicted molar refractivity (Wildman–Crippen MR) is 101 cm³/mol. The molecule has 0 aliphatic carbocycles. The fraction of sp³-hybridized carbons (Fsp3) is 0.111. The van der Waals surface area contributed by atoms with E-state index in [1.807, 2.05) is 53.1 Å². The Hall–Kier alpha value is -3.00. The number of carbonyl (C=O) groups is 1. The van der Waals surface area contributed by atoms with Gasteiger partial charge in [0.15, 0.2) is 11.5 Å². The lowest BCUT2D eigenvalue weighted by atomic mass is 10.2. The van der Waals surface area contributed by atoms with Crippen molar-refractivity contribution in [2.24, 2.45) is 0 Å². The van der Waals surface area contributed by atoms with Crippen molar-refractivity contribution in [2.45, 2.75) is 13.5 Å². The van der Waals surface area contributed by atoms with Gasteiger partial charge in [-0.15, -0.1) is 0 Å². The van der Waals surface area contributed by atoms with Crippen LogP contribution in [0, 0.1) is 0 Å². The van der Waals surface area contributed by atoms with Crippen LogP contribution in [0.4, 0.5) is 5.82 Å². The molecule has 0 unspecified atom stereocenters. The van der Waals surface area contributed by atoms with E-state index < -0.39 is 0 Å². The molecule has 0 bridgehead atoms. The van der Waals surface area contributed by atoms with E-state index in [0.717, 1.165) is 21.1 Å². The zero-order valence-electron chi connectivity index (χ0n) is 13.8. The molecule has 4 rings (SSSR count). The van der Waals surface area contributed by atoms with Gasteiger partial charge in [-0.05, 0) is 40.1 Å². The van der Waals surface area contributed by atoms with Crippen molar-refractivity contribution in [3.05, 3.63) is 58.6 Å². The first-order valence-electron chi connectivity index (χ1n) is 7.92. The Kier molecular flexibility index (Phi) is 4.26. The second-order valence-electron chi connectivity index (χ2n) is 5.78. The lowest BCUT2D eigenvalue weighted by Crippen LogP contribution is -2.09. The average molecular weight is 412 g/mol. The van der Waals surface area contributed by atoms with Crippen LogP contribution in [-0.4, -0.2) is 25.8 Å². The molecular weight excluding hydrogens is 398 g/mol. The fourth-order valence-corrected chi connectivity index (χ4v) is 3.04. The Morgan fingerprint density at radius 2 is 1.92 bits per heavy atom. The highest BCUT2D eigenvalue weighted by Gasteiger charge is 2.21. The Morgan fingerprint density at radius 3 is 2.69 bits per heavy atom. The summed E-state index contributed by atoms with van der Waals surface area (Å²) in [5.41, 5.74) is 3.29. The second kappa shape index (κ2) is 6.72. The van der Waals surface area contributed by atoms with Crippen molar-refractivity contribution in [2.75, 3.05) is 5.32 Å². The van der Waals surface area contributed by atoms with E-state index in [9.17, 15) is 4.79 Å². The Bertz CT molecular complexity index is 1080.